The quantitative estimate of drug-likeness (QED) is 0.536. The lowest BCUT2D eigenvalue weighted by Crippen LogP contribution is -2.13. The van der Waals surface area contributed by atoms with Crippen molar-refractivity contribution in [2.45, 2.75) is 38.5 Å². The van der Waals surface area contributed by atoms with E-state index in [0.29, 0.717) is 11.3 Å². The molecule has 0 aromatic rings. The zero-order valence-corrected chi connectivity index (χ0v) is 8.92. The van der Waals surface area contributed by atoms with E-state index in [4.69, 9.17) is 0 Å². The molecule has 0 radical (unpaired) electrons. The van der Waals surface area contributed by atoms with E-state index in [-0.39, 0.29) is 6.42 Å². The second-order valence-corrected chi connectivity index (χ2v) is 5.22. The fourth-order valence-corrected chi connectivity index (χ4v) is 3.33. The summed E-state index contributed by atoms with van der Waals surface area (Å²) in [5, 5.41) is 0. The van der Waals surface area contributed by atoms with E-state index in [2.05, 4.69) is 6.92 Å². The van der Waals surface area contributed by atoms with Crippen molar-refractivity contribution < 1.29 is 8.78 Å². The number of hydrogen-bond donors (Lipinski definition) is 0. The van der Waals surface area contributed by atoms with Gasteiger partial charge in [-0.05, 0) is 24.7 Å². The predicted octanol–water partition coefficient (Wildman–Crippen LogP) is 3.60. The molecule has 2 fully saturated rings. The van der Waals surface area contributed by atoms with E-state index in [9.17, 15) is 8.78 Å². The van der Waals surface area contributed by atoms with Gasteiger partial charge in [-0.3, -0.25) is 0 Å². The van der Waals surface area contributed by atoms with Gasteiger partial charge in [0.25, 0.3) is 0 Å². The zero-order valence-electron chi connectivity index (χ0n) is 8.92. The van der Waals surface area contributed by atoms with Gasteiger partial charge < -0.3 is 0 Å². The maximum atomic E-state index is 13.3. The molecule has 5 unspecified atom stereocenters. The third-order valence-electron chi connectivity index (χ3n) is 4.41. The first-order chi connectivity index (χ1) is 7.16. The van der Waals surface area contributed by atoms with Gasteiger partial charge >= 0.3 is 0 Å². The Morgan fingerprint density at radius 1 is 1.33 bits per heavy atom. The molecule has 3 rings (SSSR count). The van der Waals surface area contributed by atoms with Gasteiger partial charge in [-0.25, -0.2) is 8.78 Å². The summed E-state index contributed by atoms with van der Waals surface area (Å²) in [4.78, 5) is 0. The number of allylic oxidation sites excluding steroid dienone is 4. The van der Waals surface area contributed by atoms with Crippen LogP contribution in [0.5, 0.6) is 0 Å². The van der Waals surface area contributed by atoms with E-state index in [0.717, 1.165) is 12.3 Å². The number of halogens is 2. The van der Waals surface area contributed by atoms with Crippen LogP contribution in [0.1, 0.15) is 26.2 Å². The SMILES string of the molecule is CC1CC12C1=CCC(F)C(F)C=CCC12. The van der Waals surface area contributed by atoms with Gasteiger partial charge in [0.2, 0.25) is 0 Å². The van der Waals surface area contributed by atoms with Crippen molar-refractivity contribution in [3.8, 4) is 0 Å². The van der Waals surface area contributed by atoms with Gasteiger partial charge in [0, 0.05) is 11.8 Å². The monoisotopic (exact) mass is 210 g/mol. The number of hydrogen-bond acceptors (Lipinski definition) is 0. The molecule has 5 atom stereocenters. The van der Waals surface area contributed by atoms with Crippen LogP contribution >= 0.6 is 0 Å². The molecule has 0 amide bonds. The molecule has 0 aliphatic heterocycles. The summed E-state index contributed by atoms with van der Waals surface area (Å²) in [5.41, 5.74) is 1.84. The Morgan fingerprint density at radius 3 is 2.73 bits per heavy atom. The Labute approximate surface area is 89.1 Å². The van der Waals surface area contributed by atoms with Gasteiger partial charge in [-0.2, -0.15) is 0 Å². The van der Waals surface area contributed by atoms with Crippen LogP contribution in [0.4, 0.5) is 8.78 Å². The molecule has 0 aromatic carbocycles. The molecule has 3 aliphatic carbocycles. The van der Waals surface area contributed by atoms with Crippen molar-refractivity contribution in [2.24, 2.45) is 17.3 Å². The normalized spacial score (nSPS) is 52.6. The summed E-state index contributed by atoms with van der Waals surface area (Å²) >= 11 is 0. The fourth-order valence-electron chi connectivity index (χ4n) is 3.33. The first kappa shape index (κ1) is 9.56. The van der Waals surface area contributed by atoms with E-state index in [1.807, 2.05) is 12.2 Å². The van der Waals surface area contributed by atoms with Crippen LogP contribution in [0.15, 0.2) is 23.8 Å². The first-order valence-corrected chi connectivity index (χ1v) is 5.81. The second kappa shape index (κ2) is 2.93. The second-order valence-electron chi connectivity index (χ2n) is 5.22. The van der Waals surface area contributed by atoms with Crippen molar-refractivity contribution in [1.82, 2.24) is 0 Å². The summed E-state index contributed by atoms with van der Waals surface area (Å²) in [5.74, 6) is 1.36. The lowest BCUT2D eigenvalue weighted by Gasteiger charge is -2.06. The topological polar surface area (TPSA) is 0 Å². The Balaban J connectivity index is 1.82. The van der Waals surface area contributed by atoms with Crippen molar-refractivity contribution in [1.29, 1.82) is 0 Å². The Hall–Kier alpha value is -0.660. The summed E-state index contributed by atoms with van der Waals surface area (Å²) in [6.07, 6.45) is 4.87. The van der Waals surface area contributed by atoms with E-state index in [1.54, 1.807) is 0 Å². The minimum atomic E-state index is -1.41. The molecule has 1 spiro atoms. The van der Waals surface area contributed by atoms with Crippen molar-refractivity contribution in [3.05, 3.63) is 23.8 Å². The average Bonchev–Trinajstić information content (AvgIpc) is 3.02. The number of fused-ring (bicyclic) bond motifs is 3. The van der Waals surface area contributed by atoms with E-state index >= 15 is 0 Å². The Bertz CT molecular complexity index is 344. The van der Waals surface area contributed by atoms with Crippen LogP contribution < -0.4 is 0 Å². The first-order valence-electron chi connectivity index (χ1n) is 5.81. The maximum Gasteiger partial charge on any atom is 0.150 e. The van der Waals surface area contributed by atoms with Crippen LogP contribution in [0.2, 0.25) is 0 Å². The molecule has 0 saturated heterocycles. The minimum absolute atomic E-state index is 0.256. The molecule has 0 bridgehead atoms. The Morgan fingerprint density at radius 2 is 2.07 bits per heavy atom. The molecular formula is C13H16F2. The summed E-state index contributed by atoms with van der Waals surface area (Å²) < 4.78 is 26.4. The van der Waals surface area contributed by atoms with Crippen LogP contribution in [0.25, 0.3) is 0 Å². The molecule has 3 aliphatic rings. The third kappa shape index (κ3) is 1.23. The van der Waals surface area contributed by atoms with Gasteiger partial charge in [0.1, 0.15) is 12.3 Å². The minimum Gasteiger partial charge on any atom is -0.244 e. The van der Waals surface area contributed by atoms with Gasteiger partial charge in [0.05, 0.1) is 0 Å². The lowest BCUT2D eigenvalue weighted by atomic mass is 10.1. The molecule has 0 aromatic heterocycles. The fraction of sp³-hybridized carbons (Fsp3) is 0.692. The van der Waals surface area contributed by atoms with E-state index in [1.165, 1.54) is 18.1 Å². The van der Waals surface area contributed by atoms with Crippen LogP contribution in [0.3, 0.4) is 0 Å². The highest BCUT2D eigenvalue weighted by molar-refractivity contribution is 5.47. The van der Waals surface area contributed by atoms with Crippen LogP contribution in [-0.2, 0) is 0 Å². The third-order valence-corrected chi connectivity index (χ3v) is 4.41. The summed E-state index contributed by atoms with van der Waals surface area (Å²) in [7, 11) is 0. The molecule has 0 nitrogen and oxygen atoms in total. The summed E-state index contributed by atoms with van der Waals surface area (Å²) in [6, 6.07) is 0. The highest BCUT2D eigenvalue weighted by atomic mass is 19.2. The van der Waals surface area contributed by atoms with Crippen LogP contribution in [0, 0.1) is 17.3 Å². The van der Waals surface area contributed by atoms with Gasteiger partial charge in [0.15, 0.2) is 0 Å². The number of alkyl halides is 2. The molecular weight excluding hydrogens is 194 g/mol. The van der Waals surface area contributed by atoms with Crippen LogP contribution in [-0.4, -0.2) is 12.3 Å². The standard InChI is InChI=1S/C13H16F2/c1-8-7-13(8)9-3-2-4-11(14)12(15)6-5-10(9)13/h2,4-5,8-9,11-12H,3,6-7H2,1H3. The lowest BCUT2D eigenvalue weighted by molar-refractivity contribution is 0.206. The van der Waals surface area contributed by atoms with Gasteiger partial charge in [-0.1, -0.05) is 30.7 Å². The van der Waals surface area contributed by atoms with Crippen molar-refractivity contribution >= 4 is 0 Å². The van der Waals surface area contributed by atoms with E-state index < -0.39 is 12.3 Å². The maximum absolute atomic E-state index is 13.3. The van der Waals surface area contributed by atoms with Crippen molar-refractivity contribution in [3.63, 3.8) is 0 Å². The molecule has 15 heavy (non-hydrogen) atoms. The highest BCUT2D eigenvalue weighted by Gasteiger charge is 2.71. The highest BCUT2D eigenvalue weighted by Crippen LogP contribution is 2.79. The molecule has 2 heteroatoms. The number of rotatable bonds is 0. The molecule has 0 heterocycles. The average molecular weight is 210 g/mol. The van der Waals surface area contributed by atoms with Crippen molar-refractivity contribution in [2.75, 3.05) is 0 Å². The smallest absolute Gasteiger partial charge is 0.150 e. The Kier molecular flexibility index (Phi) is 1.87. The molecule has 2 saturated carbocycles. The summed E-state index contributed by atoms with van der Waals surface area (Å²) in [6.45, 7) is 2.26. The largest absolute Gasteiger partial charge is 0.244 e. The molecule has 82 valence electrons. The molecule has 0 N–H and O–H groups in total. The predicted molar refractivity (Wildman–Crippen MR) is 56.0 cm³/mol. The zero-order chi connectivity index (χ0) is 10.6. The van der Waals surface area contributed by atoms with Gasteiger partial charge in [-0.15, -0.1) is 0 Å².